The van der Waals surface area contributed by atoms with Crippen LogP contribution in [0.25, 0.3) is 0 Å². The molecule has 3 amide bonds. The van der Waals surface area contributed by atoms with Crippen LogP contribution in [0.1, 0.15) is 80.2 Å². The Morgan fingerprint density at radius 3 is 2.00 bits per heavy atom. The van der Waals surface area contributed by atoms with Crippen LogP contribution in [-0.2, 0) is 20.8 Å². The number of carbonyl (C=O) groups is 3. The Labute approximate surface area is 230 Å². The number of hydrogen-bond acceptors (Lipinski definition) is 5. The molecule has 0 aliphatic rings. The van der Waals surface area contributed by atoms with Gasteiger partial charge in [0.2, 0.25) is 17.7 Å². The lowest BCUT2D eigenvalue weighted by Crippen LogP contribution is -2.58. The largest absolute Gasteiger partial charge is 0.391 e. The lowest BCUT2D eigenvalue weighted by Gasteiger charge is -2.34. The van der Waals surface area contributed by atoms with Gasteiger partial charge in [-0.2, -0.15) is 0 Å². The molecule has 4 atom stereocenters. The van der Waals surface area contributed by atoms with Gasteiger partial charge < -0.3 is 26.4 Å². The van der Waals surface area contributed by atoms with Gasteiger partial charge in [0, 0.05) is 11.5 Å². The van der Waals surface area contributed by atoms with Crippen molar-refractivity contribution in [3.63, 3.8) is 0 Å². The van der Waals surface area contributed by atoms with Gasteiger partial charge in [0.1, 0.15) is 6.04 Å². The molecule has 0 aromatic heterocycles. The standard InChI is InChI=1S/C30H52N4O4/c1-20(2)15-16-22(27(37)34-30(6,7)8)18-24(35)23(17-21-13-11-10-12-14-21)32-28(38)26(29(3,4)5)33-25(36)19-31-9/h10-14,20,22-24,26,31,35H,15-19H2,1-9H3,(H,32,38)(H,33,36)(H,34,37)/t22?,23-,24+,26+/m0/s1. The Bertz CT molecular complexity index is 874. The number of benzene rings is 1. The molecule has 0 saturated heterocycles. The van der Waals surface area contributed by atoms with Crippen LogP contribution in [0.3, 0.4) is 0 Å². The maximum Gasteiger partial charge on any atom is 0.243 e. The van der Waals surface area contributed by atoms with E-state index in [2.05, 4.69) is 35.1 Å². The first-order valence-electron chi connectivity index (χ1n) is 13.8. The van der Waals surface area contributed by atoms with E-state index in [-0.39, 0.29) is 36.2 Å². The maximum atomic E-state index is 13.5. The van der Waals surface area contributed by atoms with Gasteiger partial charge in [0.25, 0.3) is 0 Å². The molecule has 8 heteroatoms. The van der Waals surface area contributed by atoms with Crippen LogP contribution in [0.4, 0.5) is 0 Å². The minimum absolute atomic E-state index is 0.0890. The van der Waals surface area contributed by atoms with Gasteiger partial charge in [0.15, 0.2) is 0 Å². The molecule has 0 heterocycles. The van der Waals surface area contributed by atoms with Gasteiger partial charge in [-0.1, -0.05) is 71.4 Å². The number of nitrogens with one attached hydrogen (secondary N) is 4. The summed E-state index contributed by atoms with van der Waals surface area (Å²) < 4.78 is 0. The highest BCUT2D eigenvalue weighted by Gasteiger charge is 2.36. The van der Waals surface area contributed by atoms with Crippen molar-refractivity contribution in [2.45, 2.75) is 105 Å². The number of amides is 3. The van der Waals surface area contributed by atoms with Crippen molar-refractivity contribution >= 4 is 17.7 Å². The van der Waals surface area contributed by atoms with Crippen LogP contribution >= 0.6 is 0 Å². The van der Waals surface area contributed by atoms with E-state index >= 15 is 0 Å². The van der Waals surface area contributed by atoms with E-state index in [0.717, 1.165) is 12.0 Å². The van der Waals surface area contributed by atoms with Crippen molar-refractivity contribution in [2.75, 3.05) is 13.6 Å². The van der Waals surface area contributed by atoms with E-state index < -0.39 is 29.5 Å². The molecular weight excluding hydrogens is 480 g/mol. The molecule has 0 aliphatic heterocycles. The van der Waals surface area contributed by atoms with E-state index in [0.29, 0.717) is 18.8 Å². The minimum atomic E-state index is -0.962. The molecule has 0 aliphatic carbocycles. The fourth-order valence-electron chi connectivity index (χ4n) is 4.28. The Morgan fingerprint density at radius 1 is 0.895 bits per heavy atom. The van der Waals surface area contributed by atoms with Crippen LogP contribution in [0, 0.1) is 17.3 Å². The fraction of sp³-hybridized carbons (Fsp3) is 0.700. The summed E-state index contributed by atoms with van der Waals surface area (Å²) in [7, 11) is 1.67. The fourth-order valence-corrected chi connectivity index (χ4v) is 4.28. The number of likely N-dealkylation sites (N-methyl/N-ethyl adjacent to an activating group) is 1. The average molecular weight is 533 g/mol. The summed E-state index contributed by atoms with van der Waals surface area (Å²) in [4.78, 5) is 39.0. The van der Waals surface area contributed by atoms with Crippen LogP contribution < -0.4 is 21.3 Å². The summed E-state index contributed by atoms with van der Waals surface area (Å²) >= 11 is 0. The molecule has 0 saturated carbocycles. The molecule has 0 bridgehead atoms. The maximum absolute atomic E-state index is 13.5. The molecule has 1 rings (SSSR count). The van der Waals surface area contributed by atoms with Gasteiger partial charge in [-0.3, -0.25) is 14.4 Å². The minimum Gasteiger partial charge on any atom is -0.391 e. The van der Waals surface area contributed by atoms with Gasteiger partial charge in [-0.15, -0.1) is 0 Å². The van der Waals surface area contributed by atoms with Crippen molar-refractivity contribution < 1.29 is 19.5 Å². The number of carbonyl (C=O) groups excluding carboxylic acids is 3. The summed E-state index contributed by atoms with van der Waals surface area (Å²) in [5, 5.41) is 23.2. The third-order valence-corrected chi connectivity index (χ3v) is 6.35. The third-order valence-electron chi connectivity index (χ3n) is 6.35. The molecule has 0 spiro atoms. The highest BCUT2D eigenvalue weighted by atomic mass is 16.3. The van der Waals surface area contributed by atoms with Crippen molar-refractivity contribution in [3.05, 3.63) is 35.9 Å². The molecule has 1 unspecified atom stereocenters. The van der Waals surface area contributed by atoms with Gasteiger partial charge >= 0.3 is 0 Å². The molecular formula is C30H52N4O4. The lowest BCUT2D eigenvalue weighted by molar-refractivity contribution is -0.132. The van der Waals surface area contributed by atoms with Crippen LogP contribution in [0.5, 0.6) is 0 Å². The monoisotopic (exact) mass is 532 g/mol. The summed E-state index contributed by atoms with van der Waals surface area (Å²) in [6, 6.07) is 8.21. The molecule has 8 nitrogen and oxygen atoms in total. The highest BCUT2D eigenvalue weighted by molar-refractivity contribution is 5.89. The second-order valence-electron chi connectivity index (χ2n) is 12.9. The zero-order valence-corrected chi connectivity index (χ0v) is 25.0. The topological polar surface area (TPSA) is 120 Å². The molecule has 0 fully saturated rings. The predicted molar refractivity (Wildman–Crippen MR) is 153 cm³/mol. The van der Waals surface area contributed by atoms with E-state index in [9.17, 15) is 19.5 Å². The second-order valence-corrected chi connectivity index (χ2v) is 12.9. The van der Waals surface area contributed by atoms with Crippen LogP contribution in [0.2, 0.25) is 0 Å². The normalized spacial score (nSPS) is 15.3. The molecule has 5 N–H and O–H groups in total. The zero-order valence-electron chi connectivity index (χ0n) is 25.0. The van der Waals surface area contributed by atoms with Crippen LogP contribution in [0.15, 0.2) is 30.3 Å². The molecule has 1 aromatic rings. The number of hydrogen-bond donors (Lipinski definition) is 5. The summed E-state index contributed by atoms with van der Waals surface area (Å²) in [5.74, 6) is -0.703. The smallest absolute Gasteiger partial charge is 0.243 e. The van der Waals surface area contributed by atoms with Crippen LogP contribution in [-0.4, -0.2) is 60.1 Å². The molecule has 216 valence electrons. The first-order valence-corrected chi connectivity index (χ1v) is 13.8. The van der Waals surface area contributed by atoms with Gasteiger partial charge in [-0.05, 0) is 64.0 Å². The number of aliphatic hydroxyl groups is 1. The molecule has 1 aromatic carbocycles. The molecule has 38 heavy (non-hydrogen) atoms. The summed E-state index contributed by atoms with van der Waals surface area (Å²) in [6.07, 6.45) is 1.16. The Kier molecular flexibility index (Phi) is 13.4. The van der Waals surface area contributed by atoms with E-state index in [1.807, 2.05) is 71.9 Å². The first kappa shape index (κ1) is 33.6. The van der Waals surface area contributed by atoms with Crippen molar-refractivity contribution in [3.8, 4) is 0 Å². The summed E-state index contributed by atoms with van der Waals surface area (Å²) in [5.41, 5.74) is 0.0184. The predicted octanol–water partition coefficient (Wildman–Crippen LogP) is 3.18. The van der Waals surface area contributed by atoms with E-state index in [1.54, 1.807) is 7.05 Å². The van der Waals surface area contributed by atoms with E-state index in [4.69, 9.17) is 0 Å². The van der Waals surface area contributed by atoms with Crippen molar-refractivity contribution in [2.24, 2.45) is 17.3 Å². The third kappa shape index (κ3) is 12.9. The SMILES string of the molecule is CNCC(=O)N[C@H](C(=O)N[C@@H](Cc1ccccc1)[C@H](O)CC(CCC(C)C)C(=O)NC(C)(C)C)C(C)(C)C. The Hall–Kier alpha value is -2.45. The Balaban J connectivity index is 3.22. The van der Waals surface area contributed by atoms with Crippen molar-refractivity contribution in [1.29, 1.82) is 0 Å². The number of aliphatic hydroxyl groups excluding tert-OH is 1. The lowest BCUT2D eigenvalue weighted by atomic mass is 9.84. The first-order chi connectivity index (χ1) is 17.5. The second kappa shape index (κ2) is 15.2. The quantitative estimate of drug-likeness (QED) is 0.252. The van der Waals surface area contributed by atoms with Gasteiger partial charge in [-0.25, -0.2) is 0 Å². The van der Waals surface area contributed by atoms with Gasteiger partial charge in [0.05, 0.1) is 18.7 Å². The van der Waals surface area contributed by atoms with E-state index in [1.165, 1.54) is 0 Å². The highest BCUT2D eigenvalue weighted by Crippen LogP contribution is 2.23. The zero-order chi connectivity index (χ0) is 29.1. The average Bonchev–Trinajstić information content (AvgIpc) is 2.78. The number of rotatable bonds is 14. The van der Waals surface area contributed by atoms with Crippen molar-refractivity contribution in [1.82, 2.24) is 21.3 Å². The molecule has 0 radical (unpaired) electrons. The Morgan fingerprint density at radius 2 is 1.50 bits per heavy atom. The summed E-state index contributed by atoms with van der Waals surface area (Å²) in [6.45, 7) is 15.8.